The molecule has 2 N–H and O–H groups in total. The average Bonchev–Trinajstić information content (AvgIpc) is 2.46. The largest absolute Gasteiger partial charge is 0.473 e. The second-order valence-electron chi connectivity index (χ2n) is 4.82. The van der Waals surface area contributed by atoms with Crippen LogP contribution in [0, 0.1) is 0 Å². The Labute approximate surface area is 121 Å². The zero-order valence-corrected chi connectivity index (χ0v) is 12.6. The highest BCUT2D eigenvalue weighted by atomic mass is 16.5. The van der Waals surface area contributed by atoms with Crippen LogP contribution in [0.25, 0.3) is 0 Å². The summed E-state index contributed by atoms with van der Waals surface area (Å²) in [5, 5.41) is 5.48. The van der Waals surface area contributed by atoms with Crippen molar-refractivity contribution in [1.29, 1.82) is 0 Å². The van der Waals surface area contributed by atoms with Gasteiger partial charge in [0.1, 0.15) is 5.75 Å². The third-order valence-corrected chi connectivity index (χ3v) is 3.00. The van der Waals surface area contributed by atoms with E-state index < -0.39 is 0 Å². The Hall–Kier alpha value is -1.71. The van der Waals surface area contributed by atoms with Gasteiger partial charge in [0.05, 0.1) is 0 Å². The molecule has 0 atom stereocenters. The van der Waals surface area contributed by atoms with Gasteiger partial charge in [-0.25, -0.2) is 4.79 Å². The van der Waals surface area contributed by atoms with Crippen LogP contribution in [-0.4, -0.2) is 19.3 Å². The number of hydrogen-bond acceptors (Lipinski definition) is 2. The molecule has 0 heterocycles. The summed E-state index contributed by atoms with van der Waals surface area (Å²) in [4.78, 5) is 11.4. The first-order valence-corrected chi connectivity index (χ1v) is 7.49. The number of unbranched alkanes of at least 4 members (excludes halogenated alkanes) is 2. The maximum absolute atomic E-state index is 11.4. The minimum atomic E-state index is -0.177. The molecule has 1 aromatic carbocycles. The van der Waals surface area contributed by atoms with E-state index in [0.717, 1.165) is 37.9 Å². The van der Waals surface area contributed by atoms with Crippen molar-refractivity contribution in [2.45, 2.75) is 46.0 Å². The van der Waals surface area contributed by atoms with E-state index in [1.54, 1.807) is 0 Å². The molecular weight excluding hydrogens is 252 g/mol. The number of carbonyl (C=O) groups excluding carboxylic acids is 1. The molecule has 0 saturated heterocycles. The van der Waals surface area contributed by atoms with Gasteiger partial charge in [-0.2, -0.15) is 0 Å². The topological polar surface area (TPSA) is 50.4 Å². The molecule has 0 aliphatic heterocycles. The van der Waals surface area contributed by atoms with Gasteiger partial charge in [0, 0.05) is 6.54 Å². The molecule has 0 bridgehead atoms. The monoisotopic (exact) mass is 278 g/mol. The van der Waals surface area contributed by atoms with Crippen molar-refractivity contribution in [3.8, 4) is 5.75 Å². The third-order valence-electron chi connectivity index (χ3n) is 3.00. The Balaban J connectivity index is 2.15. The van der Waals surface area contributed by atoms with Gasteiger partial charge in [-0.05, 0) is 30.5 Å². The van der Waals surface area contributed by atoms with Crippen molar-refractivity contribution in [3.63, 3.8) is 0 Å². The van der Waals surface area contributed by atoms with E-state index in [1.807, 2.05) is 12.1 Å². The number of urea groups is 1. The zero-order valence-electron chi connectivity index (χ0n) is 12.6. The van der Waals surface area contributed by atoms with E-state index in [1.165, 1.54) is 5.56 Å². The first kappa shape index (κ1) is 16.3. The Morgan fingerprint density at radius 2 is 1.80 bits per heavy atom. The summed E-state index contributed by atoms with van der Waals surface area (Å²) in [5.41, 5.74) is 1.31. The molecule has 0 aromatic heterocycles. The minimum Gasteiger partial charge on any atom is -0.473 e. The van der Waals surface area contributed by atoms with E-state index >= 15 is 0 Å². The van der Waals surface area contributed by atoms with Gasteiger partial charge in [0.25, 0.3) is 0 Å². The van der Waals surface area contributed by atoms with Crippen LogP contribution < -0.4 is 15.4 Å². The molecule has 4 nitrogen and oxygen atoms in total. The maximum atomic E-state index is 11.4. The van der Waals surface area contributed by atoms with Crippen LogP contribution in [-0.2, 0) is 6.42 Å². The van der Waals surface area contributed by atoms with E-state index in [2.05, 4.69) is 36.6 Å². The number of hydrogen-bond donors (Lipinski definition) is 2. The summed E-state index contributed by atoms with van der Waals surface area (Å²) in [6.07, 6.45) is 5.53. The number of rotatable bonds is 9. The van der Waals surface area contributed by atoms with Crippen LogP contribution in [0.4, 0.5) is 4.79 Å². The predicted octanol–water partition coefficient (Wildman–Crippen LogP) is 3.46. The molecular formula is C16H26N2O2. The molecule has 1 aromatic rings. The third kappa shape index (κ3) is 7.02. The normalized spacial score (nSPS) is 10.1. The Morgan fingerprint density at radius 1 is 1.05 bits per heavy atom. The van der Waals surface area contributed by atoms with Gasteiger partial charge in [0.2, 0.25) is 0 Å². The van der Waals surface area contributed by atoms with Crippen molar-refractivity contribution >= 4 is 6.03 Å². The highest BCUT2D eigenvalue weighted by Gasteiger charge is 1.99. The standard InChI is InChI=1S/C16H26N2O2/c1-3-5-6-12-17-16(19)18-13-20-15-10-8-14(7-4-2)9-11-15/h8-11H,3-7,12-13H2,1-2H3,(H2,17,18,19). The summed E-state index contributed by atoms with van der Waals surface area (Å²) >= 11 is 0. The van der Waals surface area contributed by atoms with Crippen LogP contribution in [0.15, 0.2) is 24.3 Å². The first-order valence-electron chi connectivity index (χ1n) is 7.49. The summed E-state index contributed by atoms with van der Waals surface area (Å²) in [5.74, 6) is 0.774. The fourth-order valence-electron chi connectivity index (χ4n) is 1.87. The fourth-order valence-corrected chi connectivity index (χ4v) is 1.87. The second kappa shape index (κ2) is 10.1. The number of nitrogens with one attached hydrogen (secondary N) is 2. The smallest absolute Gasteiger partial charge is 0.317 e. The molecule has 4 heteroatoms. The Bertz CT molecular complexity index is 377. The maximum Gasteiger partial charge on any atom is 0.317 e. The van der Waals surface area contributed by atoms with Gasteiger partial charge >= 0.3 is 6.03 Å². The number of aryl methyl sites for hydroxylation is 1. The number of benzene rings is 1. The Kier molecular flexibility index (Phi) is 8.27. The lowest BCUT2D eigenvalue weighted by Crippen LogP contribution is -2.38. The molecule has 0 fully saturated rings. The van der Waals surface area contributed by atoms with Gasteiger partial charge in [0.15, 0.2) is 6.73 Å². The lowest BCUT2D eigenvalue weighted by molar-refractivity contribution is 0.224. The molecule has 0 aliphatic carbocycles. The molecule has 0 spiro atoms. The van der Waals surface area contributed by atoms with Gasteiger partial charge in [-0.15, -0.1) is 0 Å². The van der Waals surface area contributed by atoms with Crippen molar-refractivity contribution in [1.82, 2.24) is 10.6 Å². The van der Waals surface area contributed by atoms with Crippen LogP contribution in [0.3, 0.4) is 0 Å². The highest BCUT2D eigenvalue weighted by Crippen LogP contribution is 2.12. The summed E-state index contributed by atoms with van der Waals surface area (Å²) in [7, 11) is 0. The van der Waals surface area contributed by atoms with Crippen LogP contribution in [0.1, 0.15) is 45.1 Å². The number of ether oxygens (including phenoxy) is 1. The van der Waals surface area contributed by atoms with Crippen molar-refractivity contribution < 1.29 is 9.53 Å². The predicted molar refractivity (Wildman–Crippen MR) is 82.0 cm³/mol. The summed E-state index contributed by atoms with van der Waals surface area (Å²) in [6.45, 7) is 5.20. The molecule has 0 radical (unpaired) electrons. The van der Waals surface area contributed by atoms with E-state index in [4.69, 9.17) is 4.74 Å². The lowest BCUT2D eigenvalue weighted by Gasteiger charge is -2.09. The van der Waals surface area contributed by atoms with E-state index in [-0.39, 0.29) is 12.8 Å². The number of amides is 2. The van der Waals surface area contributed by atoms with E-state index in [9.17, 15) is 4.79 Å². The average molecular weight is 278 g/mol. The summed E-state index contributed by atoms with van der Waals surface area (Å²) < 4.78 is 5.47. The van der Waals surface area contributed by atoms with Crippen LogP contribution in [0.2, 0.25) is 0 Å². The highest BCUT2D eigenvalue weighted by molar-refractivity contribution is 5.73. The van der Waals surface area contributed by atoms with Gasteiger partial charge < -0.3 is 15.4 Å². The van der Waals surface area contributed by atoms with E-state index in [0.29, 0.717) is 6.54 Å². The zero-order chi connectivity index (χ0) is 14.6. The number of carbonyl (C=O) groups is 1. The van der Waals surface area contributed by atoms with Gasteiger partial charge in [-0.3, -0.25) is 0 Å². The van der Waals surface area contributed by atoms with Crippen LogP contribution >= 0.6 is 0 Å². The van der Waals surface area contributed by atoms with Crippen molar-refractivity contribution in [2.24, 2.45) is 0 Å². The molecule has 112 valence electrons. The first-order chi connectivity index (χ1) is 9.76. The molecule has 0 unspecified atom stereocenters. The van der Waals surface area contributed by atoms with Crippen LogP contribution in [0.5, 0.6) is 5.75 Å². The van der Waals surface area contributed by atoms with Gasteiger partial charge in [-0.1, -0.05) is 45.2 Å². The summed E-state index contributed by atoms with van der Waals surface area (Å²) in [6, 6.07) is 7.81. The molecule has 20 heavy (non-hydrogen) atoms. The fraction of sp³-hybridized carbons (Fsp3) is 0.562. The molecule has 0 aliphatic rings. The molecule has 0 saturated carbocycles. The van der Waals surface area contributed by atoms with Crippen molar-refractivity contribution in [3.05, 3.63) is 29.8 Å². The molecule has 2 amide bonds. The van der Waals surface area contributed by atoms with Crippen molar-refractivity contribution in [2.75, 3.05) is 13.3 Å². The molecule has 1 rings (SSSR count). The lowest BCUT2D eigenvalue weighted by atomic mass is 10.1. The Morgan fingerprint density at radius 3 is 2.45 bits per heavy atom. The quantitative estimate of drug-likeness (QED) is 0.537. The SMILES string of the molecule is CCCCCNC(=O)NCOc1ccc(CCC)cc1. The minimum absolute atomic E-state index is 0.177. The second-order valence-corrected chi connectivity index (χ2v) is 4.82.